The molecule has 0 bridgehead atoms. The number of carbonyl (C=O) groups is 2. The van der Waals surface area contributed by atoms with E-state index in [-0.39, 0.29) is 6.54 Å². The predicted octanol–water partition coefficient (Wildman–Crippen LogP) is 3.36. The average molecular weight is 483 g/mol. The molecule has 2 amide bonds. The fourth-order valence-corrected chi connectivity index (χ4v) is 3.95. The van der Waals surface area contributed by atoms with Crippen LogP contribution in [0.3, 0.4) is 0 Å². The zero-order valence-electron chi connectivity index (χ0n) is 18.7. The van der Waals surface area contributed by atoms with Crippen LogP contribution in [0.1, 0.15) is 40.0 Å². The van der Waals surface area contributed by atoms with E-state index in [2.05, 4.69) is 20.3 Å². The summed E-state index contributed by atoms with van der Waals surface area (Å²) in [6.45, 7) is 5.46. The molecule has 0 saturated carbocycles. The highest BCUT2D eigenvalue weighted by molar-refractivity contribution is 7.88. The summed E-state index contributed by atoms with van der Waals surface area (Å²) in [5.74, 6) is -0.416. The smallest absolute Gasteiger partial charge is 0.408 e. The maximum Gasteiger partial charge on any atom is 0.408 e. The van der Waals surface area contributed by atoms with Gasteiger partial charge < -0.3 is 15.4 Å². The lowest BCUT2D eigenvalue weighted by Gasteiger charge is -2.23. The molecule has 0 aliphatic heterocycles. The van der Waals surface area contributed by atoms with Gasteiger partial charge in [0.05, 0.1) is 11.9 Å². The first-order chi connectivity index (χ1) is 14.9. The van der Waals surface area contributed by atoms with Gasteiger partial charge in [-0.25, -0.2) is 22.9 Å². The standard InChI is InChI=1S/C21H30N4O5S2/c1-21(2,3)30-20(27)24-16(12-8-9-13-22-32(4,28)29)18(26)25-19-23-17(14-31-19)15-10-6-5-7-11-15/h5-7,10-11,14,16,22H,8-9,12-13H2,1-4H3,(H,24,27)(H,23,25,26)/t16-/m0/s1. The van der Waals surface area contributed by atoms with Gasteiger partial charge in [0, 0.05) is 17.5 Å². The number of benzene rings is 1. The molecule has 0 aliphatic carbocycles. The van der Waals surface area contributed by atoms with E-state index in [1.54, 1.807) is 20.8 Å². The summed E-state index contributed by atoms with van der Waals surface area (Å²) < 4.78 is 30.0. The number of thiazole rings is 1. The fraction of sp³-hybridized carbons (Fsp3) is 0.476. The molecule has 0 spiro atoms. The summed E-state index contributed by atoms with van der Waals surface area (Å²) in [6, 6.07) is 8.73. The number of nitrogens with zero attached hydrogens (tertiary/aromatic N) is 1. The lowest BCUT2D eigenvalue weighted by molar-refractivity contribution is -0.118. The predicted molar refractivity (Wildman–Crippen MR) is 126 cm³/mol. The number of unbranched alkanes of at least 4 members (excludes halogenated alkanes) is 1. The second kappa shape index (κ2) is 11.4. The zero-order chi connectivity index (χ0) is 23.8. The van der Waals surface area contributed by atoms with Crippen molar-refractivity contribution in [3.05, 3.63) is 35.7 Å². The molecular weight excluding hydrogens is 452 g/mol. The van der Waals surface area contributed by atoms with Crippen LogP contribution >= 0.6 is 11.3 Å². The van der Waals surface area contributed by atoms with Crippen molar-refractivity contribution >= 4 is 38.5 Å². The summed E-state index contributed by atoms with van der Waals surface area (Å²) in [5.41, 5.74) is 0.977. The van der Waals surface area contributed by atoms with Crippen molar-refractivity contribution in [2.75, 3.05) is 18.1 Å². The Morgan fingerprint density at radius 3 is 2.47 bits per heavy atom. The van der Waals surface area contributed by atoms with Crippen molar-refractivity contribution < 1.29 is 22.7 Å². The minimum Gasteiger partial charge on any atom is -0.444 e. The average Bonchev–Trinajstić information content (AvgIpc) is 3.13. The van der Waals surface area contributed by atoms with Crippen molar-refractivity contribution in [3.63, 3.8) is 0 Å². The fourth-order valence-electron chi connectivity index (χ4n) is 2.71. The summed E-state index contributed by atoms with van der Waals surface area (Å²) in [7, 11) is -3.27. The van der Waals surface area contributed by atoms with Crippen molar-refractivity contribution in [3.8, 4) is 11.3 Å². The second-order valence-electron chi connectivity index (χ2n) is 8.25. The Hall–Kier alpha value is -2.50. The molecule has 11 heteroatoms. The van der Waals surface area contributed by atoms with Crippen LogP contribution in [0.15, 0.2) is 35.7 Å². The van der Waals surface area contributed by atoms with Crippen molar-refractivity contribution in [2.45, 2.75) is 51.7 Å². The van der Waals surface area contributed by atoms with Crippen LogP contribution in [0.5, 0.6) is 0 Å². The quantitative estimate of drug-likeness (QED) is 0.446. The van der Waals surface area contributed by atoms with Crippen molar-refractivity contribution in [1.29, 1.82) is 0 Å². The maximum atomic E-state index is 12.9. The van der Waals surface area contributed by atoms with Gasteiger partial charge in [-0.05, 0) is 40.0 Å². The molecule has 1 heterocycles. The van der Waals surface area contributed by atoms with E-state index in [1.807, 2.05) is 35.7 Å². The van der Waals surface area contributed by atoms with Gasteiger partial charge in [-0.15, -0.1) is 11.3 Å². The number of hydrogen-bond acceptors (Lipinski definition) is 7. The molecule has 176 valence electrons. The highest BCUT2D eigenvalue weighted by Gasteiger charge is 2.25. The molecule has 32 heavy (non-hydrogen) atoms. The number of rotatable bonds is 10. The molecule has 3 N–H and O–H groups in total. The molecule has 0 saturated heterocycles. The highest BCUT2D eigenvalue weighted by Crippen LogP contribution is 2.24. The van der Waals surface area contributed by atoms with Gasteiger partial charge in [-0.1, -0.05) is 30.3 Å². The maximum absolute atomic E-state index is 12.9. The number of ether oxygens (including phenoxy) is 1. The van der Waals surface area contributed by atoms with E-state index in [9.17, 15) is 18.0 Å². The van der Waals surface area contributed by atoms with Crippen LogP contribution < -0.4 is 15.4 Å². The number of carbonyl (C=O) groups excluding carboxylic acids is 2. The molecule has 0 fully saturated rings. The number of aromatic nitrogens is 1. The van der Waals surface area contributed by atoms with Gasteiger partial charge >= 0.3 is 6.09 Å². The van der Waals surface area contributed by atoms with Crippen LogP contribution in [-0.2, 0) is 19.6 Å². The van der Waals surface area contributed by atoms with Gasteiger partial charge in [0.15, 0.2) is 5.13 Å². The van der Waals surface area contributed by atoms with E-state index in [4.69, 9.17) is 4.74 Å². The topological polar surface area (TPSA) is 126 Å². The first-order valence-corrected chi connectivity index (χ1v) is 13.0. The van der Waals surface area contributed by atoms with Crippen LogP contribution in [0.2, 0.25) is 0 Å². The molecule has 0 aliphatic rings. The lowest BCUT2D eigenvalue weighted by Crippen LogP contribution is -2.45. The third kappa shape index (κ3) is 9.75. The highest BCUT2D eigenvalue weighted by atomic mass is 32.2. The molecular formula is C21H30N4O5S2. The SMILES string of the molecule is CC(C)(C)OC(=O)N[C@@H](CCCCNS(C)(=O)=O)C(=O)Nc1nc(-c2ccccc2)cs1. The molecule has 1 aromatic heterocycles. The Labute approximate surface area is 193 Å². The van der Waals surface area contributed by atoms with Crippen LogP contribution in [0.25, 0.3) is 11.3 Å². The lowest BCUT2D eigenvalue weighted by atomic mass is 10.1. The van der Waals surface area contributed by atoms with E-state index in [0.29, 0.717) is 24.4 Å². The number of anilines is 1. The third-order valence-electron chi connectivity index (χ3n) is 4.10. The Morgan fingerprint density at radius 2 is 1.84 bits per heavy atom. The van der Waals surface area contributed by atoms with Crippen molar-refractivity contribution in [2.24, 2.45) is 0 Å². The molecule has 2 rings (SSSR count). The molecule has 0 unspecified atom stereocenters. The number of nitrogens with one attached hydrogen (secondary N) is 3. The van der Waals surface area contributed by atoms with Gasteiger partial charge in [0.2, 0.25) is 15.9 Å². The zero-order valence-corrected chi connectivity index (χ0v) is 20.3. The van der Waals surface area contributed by atoms with Gasteiger partial charge in [0.1, 0.15) is 11.6 Å². The van der Waals surface area contributed by atoms with E-state index in [0.717, 1.165) is 17.5 Å². The summed E-state index contributed by atoms with van der Waals surface area (Å²) in [6.07, 6.45) is 1.74. The summed E-state index contributed by atoms with van der Waals surface area (Å²) in [4.78, 5) is 29.5. The Balaban J connectivity index is 2.00. The van der Waals surface area contributed by atoms with Crippen LogP contribution in [-0.4, -0.2) is 49.8 Å². The summed E-state index contributed by atoms with van der Waals surface area (Å²) in [5, 5.41) is 7.62. The van der Waals surface area contributed by atoms with Gasteiger partial charge in [-0.2, -0.15) is 0 Å². The second-order valence-corrected chi connectivity index (χ2v) is 10.9. The molecule has 1 atom stereocenters. The van der Waals surface area contributed by atoms with Crippen LogP contribution in [0, 0.1) is 0 Å². The monoisotopic (exact) mass is 482 g/mol. The van der Waals surface area contributed by atoms with E-state index in [1.165, 1.54) is 11.3 Å². The molecule has 9 nitrogen and oxygen atoms in total. The third-order valence-corrected chi connectivity index (χ3v) is 5.58. The molecule has 1 aromatic carbocycles. The first-order valence-electron chi connectivity index (χ1n) is 10.2. The summed E-state index contributed by atoms with van der Waals surface area (Å²) >= 11 is 1.29. The Bertz CT molecular complexity index is 1000. The molecule has 2 aromatic rings. The van der Waals surface area contributed by atoms with E-state index >= 15 is 0 Å². The van der Waals surface area contributed by atoms with E-state index < -0.39 is 33.7 Å². The minimum atomic E-state index is -3.27. The van der Waals surface area contributed by atoms with Gasteiger partial charge in [-0.3, -0.25) is 4.79 Å². The largest absolute Gasteiger partial charge is 0.444 e. The normalized spacial score (nSPS) is 12.8. The van der Waals surface area contributed by atoms with Crippen LogP contribution in [0.4, 0.5) is 9.93 Å². The van der Waals surface area contributed by atoms with Crippen molar-refractivity contribution in [1.82, 2.24) is 15.0 Å². The minimum absolute atomic E-state index is 0.256. The Morgan fingerprint density at radius 1 is 1.16 bits per heavy atom. The van der Waals surface area contributed by atoms with Gasteiger partial charge in [0.25, 0.3) is 0 Å². The number of sulfonamides is 1. The number of hydrogen-bond donors (Lipinski definition) is 3. The molecule has 0 radical (unpaired) electrons. The first kappa shape index (κ1) is 25.8. The number of alkyl carbamates (subject to hydrolysis) is 1. The Kier molecular flexibility index (Phi) is 9.17. The number of amides is 2.